The summed E-state index contributed by atoms with van der Waals surface area (Å²) in [5.74, 6) is 6.99. The van der Waals surface area contributed by atoms with Gasteiger partial charge >= 0.3 is 0 Å². The molecule has 1 heterocycles. The Morgan fingerprint density at radius 1 is 1.54 bits per heavy atom. The first kappa shape index (κ1) is 10.3. The van der Waals surface area contributed by atoms with Gasteiger partial charge in [0.05, 0.1) is 12.3 Å². The second kappa shape index (κ2) is 4.44. The van der Waals surface area contributed by atoms with Crippen LogP contribution in [0.3, 0.4) is 0 Å². The molecule has 3 heteroatoms. The molecule has 1 rings (SSSR count). The molecule has 0 aliphatic carbocycles. The van der Waals surface area contributed by atoms with E-state index in [1.54, 1.807) is 6.26 Å². The molecule has 1 aromatic rings. The highest BCUT2D eigenvalue weighted by atomic mass is 16.3. The molecule has 0 aromatic carbocycles. The zero-order chi connectivity index (χ0) is 9.84. The van der Waals surface area contributed by atoms with Crippen molar-refractivity contribution in [3.05, 3.63) is 23.7 Å². The molecule has 3 nitrogen and oxygen atoms in total. The normalized spacial score (nSPS) is 13.6. The lowest BCUT2D eigenvalue weighted by atomic mass is 9.96. The molecule has 0 saturated carbocycles. The van der Waals surface area contributed by atoms with Crippen molar-refractivity contribution in [1.29, 1.82) is 0 Å². The van der Waals surface area contributed by atoms with Crippen LogP contribution in [0, 0.1) is 5.92 Å². The van der Waals surface area contributed by atoms with E-state index in [0.29, 0.717) is 5.92 Å². The lowest BCUT2D eigenvalue weighted by Crippen LogP contribution is -2.31. The maximum absolute atomic E-state index is 5.50. The third-order valence-electron chi connectivity index (χ3n) is 2.28. The van der Waals surface area contributed by atoms with E-state index in [0.717, 1.165) is 12.2 Å². The number of hydrazine groups is 1. The second-order valence-electron chi connectivity index (χ2n) is 3.54. The topological polar surface area (TPSA) is 51.2 Å². The quantitative estimate of drug-likeness (QED) is 0.553. The van der Waals surface area contributed by atoms with Gasteiger partial charge < -0.3 is 4.42 Å². The molecule has 1 unspecified atom stereocenters. The van der Waals surface area contributed by atoms with Crippen LogP contribution in [0.2, 0.25) is 0 Å². The number of hydrogen-bond acceptors (Lipinski definition) is 3. The van der Waals surface area contributed by atoms with Gasteiger partial charge in [-0.3, -0.25) is 11.3 Å². The Kier molecular flexibility index (Phi) is 3.51. The first-order valence-electron chi connectivity index (χ1n) is 4.73. The lowest BCUT2D eigenvalue weighted by Gasteiger charge is -2.19. The van der Waals surface area contributed by atoms with Gasteiger partial charge in [-0.25, -0.2) is 0 Å². The summed E-state index contributed by atoms with van der Waals surface area (Å²) in [5.41, 5.74) is 4.00. The molecular formula is C10H18N2O. The van der Waals surface area contributed by atoms with E-state index in [1.807, 2.05) is 6.07 Å². The molecule has 1 aromatic heterocycles. The van der Waals surface area contributed by atoms with Gasteiger partial charge in [0.2, 0.25) is 0 Å². The molecule has 0 amide bonds. The number of nitrogens with one attached hydrogen (secondary N) is 1. The van der Waals surface area contributed by atoms with E-state index < -0.39 is 0 Å². The minimum Gasteiger partial charge on any atom is -0.469 e. The molecule has 0 aliphatic rings. The fourth-order valence-corrected chi connectivity index (χ4v) is 1.56. The molecule has 74 valence electrons. The van der Waals surface area contributed by atoms with Gasteiger partial charge in [-0.05, 0) is 12.0 Å². The highest BCUT2D eigenvalue weighted by Crippen LogP contribution is 2.25. The smallest absolute Gasteiger partial charge is 0.108 e. The van der Waals surface area contributed by atoms with E-state index >= 15 is 0 Å². The Bertz CT molecular complexity index is 255. The summed E-state index contributed by atoms with van der Waals surface area (Å²) in [5, 5.41) is 0. The van der Waals surface area contributed by atoms with Crippen LogP contribution in [0.25, 0.3) is 0 Å². The summed E-state index contributed by atoms with van der Waals surface area (Å²) in [6, 6.07) is 2.18. The zero-order valence-electron chi connectivity index (χ0n) is 8.50. The maximum Gasteiger partial charge on any atom is 0.108 e. The summed E-state index contributed by atoms with van der Waals surface area (Å²) < 4.78 is 5.35. The van der Waals surface area contributed by atoms with Crippen LogP contribution in [0.4, 0.5) is 0 Å². The summed E-state index contributed by atoms with van der Waals surface area (Å²) in [6.45, 7) is 6.35. The van der Waals surface area contributed by atoms with E-state index in [1.165, 1.54) is 5.56 Å². The first-order chi connectivity index (χ1) is 6.20. The Labute approximate surface area is 79.3 Å². The van der Waals surface area contributed by atoms with Crippen molar-refractivity contribution in [2.75, 3.05) is 0 Å². The van der Waals surface area contributed by atoms with Gasteiger partial charge in [0.1, 0.15) is 5.76 Å². The zero-order valence-corrected chi connectivity index (χ0v) is 8.50. The second-order valence-corrected chi connectivity index (χ2v) is 3.54. The van der Waals surface area contributed by atoms with Crippen LogP contribution in [-0.4, -0.2) is 0 Å². The predicted molar refractivity (Wildman–Crippen MR) is 53.0 cm³/mol. The Morgan fingerprint density at radius 2 is 2.23 bits per heavy atom. The summed E-state index contributed by atoms with van der Waals surface area (Å²) in [4.78, 5) is 0. The van der Waals surface area contributed by atoms with Crippen molar-refractivity contribution in [3.63, 3.8) is 0 Å². The summed E-state index contributed by atoms with van der Waals surface area (Å²) in [7, 11) is 0. The molecule has 3 N–H and O–H groups in total. The molecule has 1 atom stereocenters. The third-order valence-corrected chi connectivity index (χ3v) is 2.28. The van der Waals surface area contributed by atoms with Crippen molar-refractivity contribution in [1.82, 2.24) is 5.43 Å². The molecule has 0 bridgehead atoms. The van der Waals surface area contributed by atoms with Gasteiger partial charge in [-0.2, -0.15) is 0 Å². The molecule has 0 aliphatic heterocycles. The van der Waals surface area contributed by atoms with Crippen LogP contribution >= 0.6 is 0 Å². The molecular weight excluding hydrogens is 164 g/mol. The average Bonchev–Trinajstić information content (AvgIpc) is 2.53. The van der Waals surface area contributed by atoms with Crippen molar-refractivity contribution in [2.24, 2.45) is 11.8 Å². The Balaban J connectivity index is 2.90. The molecule has 0 radical (unpaired) electrons. The number of rotatable bonds is 4. The van der Waals surface area contributed by atoms with Crippen molar-refractivity contribution < 1.29 is 4.42 Å². The molecule has 0 fully saturated rings. The fraction of sp³-hybridized carbons (Fsp3) is 0.600. The molecule has 0 spiro atoms. The van der Waals surface area contributed by atoms with Crippen LogP contribution in [0.5, 0.6) is 0 Å². The van der Waals surface area contributed by atoms with E-state index in [-0.39, 0.29) is 6.04 Å². The van der Waals surface area contributed by atoms with Gasteiger partial charge in [0, 0.05) is 12.0 Å². The van der Waals surface area contributed by atoms with Crippen molar-refractivity contribution in [3.8, 4) is 0 Å². The largest absolute Gasteiger partial charge is 0.469 e. The summed E-state index contributed by atoms with van der Waals surface area (Å²) in [6.07, 6.45) is 2.63. The fourth-order valence-electron chi connectivity index (χ4n) is 1.56. The van der Waals surface area contributed by atoms with E-state index in [4.69, 9.17) is 10.3 Å². The van der Waals surface area contributed by atoms with Gasteiger partial charge in [-0.1, -0.05) is 20.8 Å². The predicted octanol–water partition coefficient (Wildman–Crippen LogP) is 2.00. The standard InChI is InChI=1S/C10H18N2O/c1-4-9-8(5-6-13-9)10(12-11)7(2)3/h5-7,10,12H,4,11H2,1-3H3. The summed E-state index contributed by atoms with van der Waals surface area (Å²) >= 11 is 0. The van der Waals surface area contributed by atoms with Crippen LogP contribution in [-0.2, 0) is 6.42 Å². The third kappa shape index (κ3) is 2.11. The maximum atomic E-state index is 5.50. The van der Waals surface area contributed by atoms with Gasteiger partial charge in [-0.15, -0.1) is 0 Å². The van der Waals surface area contributed by atoms with Gasteiger partial charge in [0.25, 0.3) is 0 Å². The molecule has 13 heavy (non-hydrogen) atoms. The van der Waals surface area contributed by atoms with E-state index in [2.05, 4.69) is 26.2 Å². The highest BCUT2D eigenvalue weighted by Gasteiger charge is 2.18. The first-order valence-corrected chi connectivity index (χ1v) is 4.73. The van der Waals surface area contributed by atoms with Crippen LogP contribution in [0.1, 0.15) is 38.1 Å². The van der Waals surface area contributed by atoms with E-state index in [9.17, 15) is 0 Å². The Morgan fingerprint density at radius 3 is 2.69 bits per heavy atom. The minimum absolute atomic E-state index is 0.189. The lowest BCUT2D eigenvalue weighted by molar-refractivity contribution is 0.408. The van der Waals surface area contributed by atoms with Crippen molar-refractivity contribution >= 4 is 0 Å². The number of furan rings is 1. The highest BCUT2D eigenvalue weighted by molar-refractivity contribution is 5.21. The number of hydrogen-bond donors (Lipinski definition) is 2. The molecule has 0 saturated heterocycles. The monoisotopic (exact) mass is 182 g/mol. The van der Waals surface area contributed by atoms with Gasteiger partial charge in [0.15, 0.2) is 0 Å². The minimum atomic E-state index is 0.189. The average molecular weight is 182 g/mol. The number of nitrogens with two attached hydrogens (primary N) is 1. The van der Waals surface area contributed by atoms with Crippen LogP contribution < -0.4 is 11.3 Å². The Hall–Kier alpha value is -0.800. The SMILES string of the molecule is CCc1occc1C(NN)C(C)C. The number of aryl methyl sites for hydroxylation is 1. The van der Waals surface area contributed by atoms with Crippen LogP contribution in [0.15, 0.2) is 16.7 Å². The van der Waals surface area contributed by atoms with Crippen molar-refractivity contribution in [2.45, 2.75) is 33.2 Å².